The lowest BCUT2D eigenvalue weighted by atomic mass is 9.81. The molecule has 2 aliphatic rings. The van der Waals surface area contributed by atoms with Crippen molar-refractivity contribution in [1.29, 1.82) is 5.26 Å². The number of likely N-dealkylation sites (N-methyl/N-ethyl adjacent to an activating group) is 1. The molecule has 1 atom stereocenters. The molecule has 29 heavy (non-hydrogen) atoms. The second kappa shape index (κ2) is 8.03. The van der Waals surface area contributed by atoms with Crippen LogP contribution in [0.25, 0.3) is 0 Å². The third-order valence-electron chi connectivity index (χ3n) is 5.80. The molecule has 3 amide bonds. The summed E-state index contributed by atoms with van der Waals surface area (Å²) in [5.74, 6) is -2.47. The third kappa shape index (κ3) is 3.60. The van der Waals surface area contributed by atoms with Crippen LogP contribution in [0.2, 0.25) is 0 Å². The fraction of sp³-hybridized carbons (Fsp3) is 0.476. The predicted molar refractivity (Wildman–Crippen MR) is 102 cm³/mol. The van der Waals surface area contributed by atoms with Crippen LogP contribution in [0.3, 0.4) is 0 Å². The second-order valence-corrected chi connectivity index (χ2v) is 7.47. The molecule has 1 saturated carbocycles. The second-order valence-electron chi connectivity index (χ2n) is 7.47. The first-order valence-corrected chi connectivity index (χ1v) is 9.64. The molecule has 0 spiro atoms. The SMILES string of the molecule is C[C@H](C(=O)OCC(=O)N(C)C1(C#N)CCCCC1)N1C(=O)c2ccccc2C1=O. The topological polar surface area (TPSA) is 108 Å². The van der Waals surface area contributed by atoms with Gasteiger partial charge in [0, 0.05) is 7.05 Å². The van der Waals surface area contributed by atoms with Gasteiger partial charge in [-0.2, -0.15) is 5.26 Å². The first kappa shape index (κ1) is 20.5. The highest BCUT2D eigenvalue weighted by Crippen LogP contribution is 2.32. The number of fused-ring (bicyclic) bond motifs is 1. The van der Waals surface area contributed by atoms with Gasteiger partial charge in [-0.3, -0.25) is 19.3 Å². The number of carbonyl (C=O) groups is 4. The highest BCUT2D eigenvalue weighted by molar-refractivity contribution is 6.22. The number of carbonyl (C=O) groups excluding carboxylic acids is 4. The van der Waals surface area contributed by atoms with Crippen LogP contribution < -0.4 is 0 Å². The number of hydrogen-bond acceptors (Lipinski definition) is 6. The molecule has 0 saturated heterocycles. The molecule has 8 nitrogen and oxygen atoms in total. The summed E-state index contributed by atoms with van der Waals surface area (Å²) in [4.78, 5) is 52.1. The van der Waals surface area contributed by atoms with E-state index in [2.05, 4.69) is 6.07 Å². The van der Waals surface area contributed by atoms with Crippen molar-refractivity contribution in [3.63, 3.8) is 0 Å². The molecule has 0 N–H and O–H groups in total. The van der Waals surface area contributed by atoms with E-state index in [1.54, 1.807) is 12.1 Å². The predicted octanol–water partition coefficient (Wildman–Crippen LogP) is 1.90. The maximum Gasteiger partial charge on any atom is 0.329 e. The van der Waals surface area contributed by atoms with Crippen molar-refractivity contribution >= 4 is 23.7 Å². The lowest BCUT2D eigenvalue weighted by Crippen LogP contribution is -2.51. The molecular weight excluding hydrogens is 374 g/mol. The van der Waals surface area contributed by atoms with E-state index in [9.17, 15) is 24.4 Å². The van der Waals surface area contributed by atoms with E-state index in [0.717, 1.165) is 24.2 Å². The van der Waals surface area contributed by atoms with Crippen molar-refractivity contribution in [2.45, 2.75) is 50.6 Å². The summed E-state index contributed by atoms with van der Waals surface area (Å²) in [6, 6.07) is 7.41. The average molecular weight is 397 g/mol. The van der Waals surface area contributed by atoms with Crippen molar-refractivity contribution in [2.24, 2.45) is 0 Å². The summed E-state index contributed by atoms with van der Waals surface area (Å²) in [6.45, 7) is 0.836. The number of rotatable bonds is 5. The van der Waals surface area contributed by atoms with Gasteiger partial charge in [0.1, 0.15) is 11.6 Å². The van der Waals surface area contributed by atoms with E-state index < -0.39 is 41.9 Å². The Kier molecular flexibility index (Phi) is 5.69. The Labute approximate surface area is 169 Å². The Morgan fingerprint density at radius 3 is 2.24 bits per heavy atom. The Balaban J connectivity index is 1.62. The smallest absolute Gasteiger partial charge is 0.329 e. The molecule has 1 fully saturated rings. The third-order valence-corrected chi connectivity index (χ3v) is 5.80. The number of esters is 1. The van der Waals surface area contributed by atoms with E-state index in [4.69, 9.17) is 4.74 Å². The van der Waals surface area contributed by atoms with Gasteiger partial charge in [-0.1, -0.05) is 31.4 Å². The van der Waals surface area contributed by atoms with E-state index >= 15 is 0 Å². The Morgan fingerprint density at radius 1 is 1.17 bits per heavy atom. The minimum absolute atomic E-state index is 0.237. The standard InChI is InChI=1S/C21H23N3O5/c1-14(24-18(26)15-8-4-5-9-16(15)19(24)27)20(28)29-12-17(25)23(2)21(13-22)10-6-3-7-11-21/h4-5,8-9,14H,3,6-7,10-12H2,1-2H3/t14-/m1/s1. The van der Waals surface area contributed by atoms with Crippen LogP contribution in [-0.2, 0) is 14.3 Å². The van der Waals surface area contributed by atoms with Crippen LogP contribution in [0, 0.1) is 11.3 Å². The summed E-state index contributed by atoms with van der Waals surface area (Å²) < 4.78 is 5.09. The van der Waals surface area contributed by atoms with Gasteiger partial charge in [0.05, 0.1) is 17.2 Å². The monoisotopic (exact) mass is 397 g/mol. The molecule has 152 valence electrons. The molecule has 1 aromatic rings. The van der Waals surface area contributed by atoms with Crippen molar-refractivity contribution < 1.29 is 23.9 Å². The van der Waals surface area contributed by atoms with Gasteiger partial charge in [0.2, 0.25) is 0 Å². The van der Waals surface area contributed by atoms with Gasteiger partial charge >= 0.3 is 5.97 Å². The Bertz CT molecular complexity index is 863. The molecule has 8 heteroatoms. The van der Waals surface area contributed by atoms with E-state index in [1.165, 1.54) is 31.0 Å². The zero-order valence-electron chi connectivity index (χ0n) is 16.5. The molecule has 0 bridgehead atoms. The largest absolute Gasteiger partial charge is 0.454 e. The number of ether oxygens (including phenoxy) is 1. The van der Waals surface area contributed by atoms with E-state index in [-0.39, 0.29) is 11.1 Å². The summed E-state index contributed by atoms with van der Waals surface area (Å²) in [7, 11) is 1.54. The number of amides is 3. The Hall–Kier alpha value is -3.21. The highest BCUT2D eigenvalue weighted by atomic mass is 16.5. The summed E-state index contributed by atoms with van der Waals surface area (Å²) in [6.07, 6.45) is 3.93. The van der Waals surface area contributed by atoms with E-state index in [0.29, 0.717) is 12.8 Å². The molecule has 0 unspecified atom stereocenters. The van der Waals surface area contributed by atoms with Gasteiger partial charge in [-0.05, 0) is 31.9 Å². The lowest BCUT2D eigenvalue weighted by molar-refractivity contribution is -0.156. The minimum Gasteiger partial charge on any atom is -0.454 e. The number of nitriles is 1. The summed E-state index contributed by atoms with van der Waals surface area (Å²) in [5.41, 5.74) is -0.405. The maximum absolute atomic E-state index is 12.5. The quantitative estimate of drug-likeness (QED) is 0.555. The zero-order chi connectivity index (χ0) is 21.2. The molecule has 1 aliphatic carbocycles. The van der Waals surface area contributed by atoms with Gasteiger partial charge in [-0.25, -0.2) is 4.79 Å². The molecule has 1 heterocycles. The first-order chi connectivity index (χ1) is 13.8. The van der Waals surface area contributed by atoms with Crippen LogP contribution in [0.15, 0.2) is 24.3 Å². The van der Waals surface area contributed by atoms with Crippen LogP contribution in [-0.4, -0.2) is 58.7 Å². The normalized spacial score (nSPS) is 18.6. The van der Waals surface area contributed by atoms with Gasteiger partial charge in [0.15, 0.2) is 6.61 Å². The van der Waals surface area contributed by atoms with Crippen molar-refractivity contribution in [2.75, 3.05) is 13.7 Å². The highest BCUT2D eigenvalue weighted by Gasteiger charge is 2.42. The zero-order valence-corrected chi connectivity index (χ0v) is 16.5. The fourth-order valence-corrected chi connectivity index (χ4v) is 3.91. The molecule has 0 radical (unpaired) electrons. The summed E-state index contributed by atoms with van der Waals surface area (Å²) in [5, 5.41) is 9.58. The van der Waals surface area contributed by atoms with Crippen LogP contribution in [0.5, 0.6) is 0 Å². The molecule has 3 rings (SSSR count). The van der Waals surface area contributed by atoms with Gasteiger partial charge < -0.3 is 9.64 Å². The van der Waals surface area contributed by atoms with Crippen LogP contribution in [0.4, 0.5) is 0 Å². The minimum atomic E-state index is -1.17. The van der Waals surface area contributed by atoms with Crippen LogP contribution in [0.1, 0.15) is 59.7 Å². The van der Waals surface area contributed by atoms with Gasteiger partial charge in [-0.15, -0.1) is 0 Å². The molecular formula is C21H23N3O5. The van der Waals surface area contributed by atoms with Gasteiger partial charge in [0.25, 0.3) is 17.7 Å². The molecule has 0 aromatic heterocycles. The number of nitrogens with zero attached hydrogens (tertiary/aromatic N) is 3. The van der Waals surface area contributed by atoms with Crippen molar-refractivity contribution in [3.8, 4) is 6.07 Å². The molecule has 1 aliphatic heterocycles. The Morgan fingerprint density at radius 2 is 1.72 bits per heavy atom. The first-order valence-electron chi connectivity index (χ1n) is 9.64. The lowest BCUT2D eigenvalue weighted by Gasteiger charge is -2.38. The average Bonchev–Trinajstić information content (AvgIpc) is 3.01. The van der Waals surface area contributed by atoms with E-state index in [1.807, 2.05) is 0 Å². The number of benzene rings is 1. The number of hydrogen-bond donors (Lipinski definition) is 0. The van der Waals surface area contributed by atoms with Crippen molar-refractivity contribution in [1.82, 2.24) is 9.80 Å². The maximum atomic E-state index is 12.5. The van der Waals surface area contributed by atoms with Crippen molar-refractivity contribution in [3.05, 3.63) is 35.4 Å². The number of imide groups is 1. The fourth-order valence-electron chi connectivity index (χ4n) is 3.91. The van der Waals surface area contributed by atoms with Crippen LogP contribution >= 0.6 is 0 Å². The summed E-state index contributed by atoms with van der Waals surface area (Å²) >= 11 is 0. The molecule has 1 aromatic carbocycles.